The van der Waals surface area contributed by atoms with E-state index in [4.69, 9.17) is 14.6 Å². The molecule has 0 bridgehead atoms. The first-order chi connectivity index (χ1) is 7.63. The maximum atomic E-state index is 9.19. The van der Waals surface area contributed by atoms with Gasteiger partial charge < -0.3 is 19.7 Å². The lowest BCUT2D eigenvalue weighted by Crippen LogP contribution is -2.38. The fraction of sp³-hybridized carbons (Fsp3) is 1.00. The Labute approximate surface area is 97.6 Å². The van der Waals surface area contributed by atoms with Crippen LogP contribution in [-0.4, -0.2) is 47.8 Å². The number of hydrogen-bond acceptors (Lipinski definition) is 4. The summed E-state index contributed by atoms with van der Waals surface area (Å²) in [6.07, 6.45) is 3.82. The molecule has 1 saturated carbocycles. The summed E-state index contributed by atoms with van der Waals surface area (Å²) in [6, 6.07) is 0. The Morgan fingerprint density at radius 3 is 2.38 bits per heavy atom. The highest BCUT2D eigenvalue weighted by Gasteiger charge is 2.28. The second-order valence-electron chi connectivity index (χ2n) is 4.67. The van der Waals surface area contributed by atoms with E-state index in [0.29, 0.717) is 6.61 Å². The van der Waals surface area contributed by atoms with Gasteiger partial charge in [0, 0.05) is 0 Å². The molecule has 96 valence electrons. The summed E-state index contributed by atoms with van der Waals surface area (Å²) in [6.45, 7) is 3.98. The maximum absolute atomic E-state index is 9.19. The van der Waals surface area contributed by atoms with E-state index in [2.05, 4.69) is 0 Å². The van der Waals surface area contributed by atoms with Gasteiger partial charge in [0.2, 0.25) is 0 Å². The molecule has 0 spiro atoms. The average Bonchev–Trinajstić information content (AvgIpc) is 2.27. The molecule has 0 radical (unpaired) electrons. The van der Waals surface area contributed by atoms with Crippen LogP contribution in [0.5, 0.6) is 0 Å². The molecular formula is C12H24O4. The highest BCUT2D eigenvalue weighted by molar-refractivity contribution is 4.77. The van der Waals surface area contributed by atoms with E-state index in [1.165, 1.54) is 0 Å². The second kappa shape index (κ2) is 7.22. The normalized spacial score (nSPS) is 30.0. The van der Waals surface area contributed by atoms with Crippen molar-refractivity contribution in [3.63, 3.8) is 0 Å². The number of rotatable bonds is 6. The Hall–Kier alpha value is -0.160. The average molecular weight is 232 g/mol. The minimum atomic E-state index is -0.433. The van der Waals surface area contributed by atoms with Crippen LogP contribution in [0, 0.1) is 0 Å². The molecule has 1 fully saturated rings. The van der Waals surface area contributed by atoms with E-state index in [1.54, 1.807) is 6.92 Å². The molecule has 2 N–H and O–H groups in total. The predicted molar refractivity (Wildman–Crippen MR) is 61.3 cm³/mol. The largest absolute Gasteiger partial charge is 0.394 e. The van der Waals surface area contributed by atoms with Gasteiger partial charge in [-0.2, -0.15) is 0 Å². The van der Waals surface area contributed by atoms with E-state index < -0.39 is 6.10 Å². The first-order valence-corrected chi connectivity index (χ1v) is 6.19. The number of ether oxygens (including phenoxy) is 2. The van der Waals surface area contributed by atoms with E-state index in [-0.39, 0.29) is 24.9 Å². The summed E-state index contributed by atoms with van der Waals surface area (Å²) in [5.41, 5.74) is 0. The third-order valence-electron chi connectivity index (χ3n) is 2.86. The zero-order chi connectivity index (χ0) is 12.0. The summed E-state index contributed by atoms with van der Waals surface area (Å²) >= 11 is 0. The van der Waals surface area contributed by atoms with Crippen LogP contribution in [-0.2, 0) is 9.47 Å². The topological polar surface area (TPSA) is 58.9 Å². The Kier molecular flexibility index (Phi) is 6.28. The molecule has 16 heavy (non-hydrogen) atoms. The lowest BCUT2D eigenvalue weighted by atomic mass is 9.94. The zero-order valence-electron chi connectivity index (χ0n) is 10.3. The first-order valence-electron chi connectivity index (χ1n) is 6.19. The molecular weight excluding hydrogens is 208 g/mol. The van der Waals surface area contributed by atoms with Gasteiger partial charge in [-0.05, 0) is 26.7 Å². The minimum Gasteiger partial charge on any atom is -0.394 e. The van der Waals surface area contributed by atoms with Gasteiger partial charge in [-0.25, -0.2) is 0 Å². The van der Waals surface area contributed by atoms with Crippen LogP contribution in [0.15, 0.2) is 0 Å². The van der Waals surface area contributed by atoms with Gasteiger partial charge in [-0.3, -0.25) is 0 Å². The van der Waals surface area contributed by atoms with Crippen molar-refractivity contribution in [2.75, 3.05) is 13.2 Å². The molecule has 4 nitrogen and oxygen atoms in total. The van der Waals surface area contributed by atoms with Gasteiger partial charge in [0.05, 0.1) is 37.6 Å². The summed E-state index contributed by atoms with van der Waals surface area (Å²) in [7, 11) is 0. The smallest absolute Gasteiger partial charge is 0.0841 e. The fourth-order valence-electron chi connectivity index (χ4n) is 2.01. The fourth-order valence-corrected chi connectivity index (χ4v) is 2.01. The second-order valence-corrected chi connectivity index (χ2v) is 4.67. The van der Waals surface area contributed by atoms with Crippen LogP contribution < -0.4 is 0 Å². The monoisotopic (exact) mass is 232 g/mol. The van der Waals surface area contributed by atoms with Crippen molar-refractivity contribution >= 4 is 0 Å². The molecule has 0 saturated heterocycles. The number of hydrogen-bond donors (Lipinski definition) is 2. The van der Waals surface area contributed by atoms with Gasteiger partial charge in [0.25, 0.3) is 0 Å². The zero-order valence-corrected chi connectivity index (χ0v) is 10.3. The molecule has 0 amide bonds. The van der Waals surface area contributed by atoms with Crippen molar-refractivity contribution < 1.29 is 19.7 Å². The van der Waals surface area contributed by atoms with Crippen molar-refractivity contribution in [1.82, 2.24) is 0 Å². The summed E-state index contributed by atoms with van der Waals surface area (Å²) < 4.78 is 11.4. The van der Waals surface area contributed by atoms with Crippen LogP contribution in [0.3, 0.4) is 0 Å². The van der Waals surface area contributed by atoms with Crippen molar-refractivity contribution in [2.45, 2.75) is 63.9 Å². The molecule has 0 aromatic carbocycles. The highest BCUT2D eigenvalue weighted by Crippen LogP contribution is 2.24. The van der Waals surface area contributed by atoms with Gasteiger partial charge >= 0.3 is 0 Å². The third kappa shape index (κ3) is 4.78. The van der Waals surface area contributed by atoms with Crippen molar-refractivity contribution in [1.29, 1.82) is 0 Å². The molecule has 1 aliphatic rings. The molecule has 0 aromatic heterocycles. The lowest BCUT2D eigenvalue weighted by molar-refractivity contribution is -0.132. The number of aliphatic hydroxyl groups is 2. The van der Waals surface area contributed by atoms with E-state index in [0.717, 1.165) is 25.7 Å². The summed E-state index contributed by atoms with van der Waals surface area (Å²) in [5, 5.41) is 18.2. The van der Waals surface area contributed by atoms with E-state index >= 15 is 0 Å². The molecule has 1 aliphatic carbocycles. The minimum absolute atomic E-state index is 0.0413. The van der Waals surface area contributed by atoms with Crippen LogP contribution in [0.1, 0.15) is 39.5 Å². The standard InChI is InChI=1S/C12H24O4/c1-9(14)8-15-11-5-3-4-6-12(11)16-10(2)7-13/h9-14H,3-8H2,1-2H3. The van der Waals surface area contributed by atoms with Gasteiger partial charge in [0.15, 0.2) is 0 Å². The van der Waals surface area contributed by atoms with Crippen molar-refractivity contribution in [3.05, 3.63) is 0 Å². The SMILES string of the molecule is CC(O)COC1CCCCC1OC(C)CO. The molecule has 0 aliphatic heterocycles. The molecule has 4 heteroatoms. The molecule has 4 atom stereocenters. The van der Waals surface area contributed by atoms with E-state index in [1.807, 2.05) is 6.92 Å². The molecule has 1 rings (SSSR count). The third-order valence-corrected chi connectivity index (χ3v) is 2.86. The van der Waals surface area contributed by atoms with Crippen molar-refractivity contribution in [2.24, 2.45) is 0 Å². The highest BCUT2D eigenvalue weighted by atomic mass is 16.6. The predicted octanol–water partition coefficient (Wildman–Crippen LogP) is 1.09. The summed E-state index contributed by atoms with van der Waals surface area (Å²) in [4.78, 5) is 0. The quantitative estimate of drug-likeness (QED) is 0.720. The maximum Gasteiger partial charge on any atom is 0.0841 e. The Morgan fingerprint density at radius 1 is 1.19 bits per heavy atom. The Balaban J connectivity index is 2.37. The molecule has 4 unspecified atom stereocenters. The van der Waals surface area contributed by atoms with Crippen LogP contribution in [0.4, 0.5) is 0 Å². The Bertz CT molecular complexity index is 184. The molecule has 0 heterocycles. The summed E-state index contributed by atoms with van der Waals surface area (Å²) in [5.74, 6) is 0. The number of aliphatic hydroxyl groups excluding tert-OH is 2. The van der Waals surface area contributed by atoms with Crippen LogP contribution >= 0.6 is 0 Å². The van der Waals surface area contributed by atoms with Gasteiger partial charge in [-0.15, -0.1) is 0 Å². The lowest BCUT2D eigenvalue weighted by Gasteiger charge is -2.33. The Morgan fingerprint density at radius 2 is 1.81 bits per heavy atom. The first kappa shape index (κ1) is 13.9. The van der Waals surface area contributed by atoms with Crippen LogP contribution in [0.2, 0.25) is 0 Å². The van der Waals surface area contributed by atoms with Gasteiger partial charge in [-0.1, -0.05) is 12.8 Å². The van der Waals surface area contributed by atoms with Gasteiger partial charge in [0.1, 0.15) is 0 Å². The molecule has 0 aromatic rings. The van der Waals surface area contributed by atoms with Crippen molar-refractivity contribution in [3.8, 4) is 0 Å². The van der Waals surface area contributed by atoms with E-state index in [9.17, 15) is 5.11 Å². The van der Waals surface area contributed by atoms with Crippen LogP contribution in [0.25, 0.3) is 0 Å².